The van der Waals surface area contributed by atoms with Gasteiger partial charge in [-0.05, 0) is 48.0 Å². The summed E-state index contributed by atoms with van der Waals surface area (Å²) in [6, 6.07) is 17.1. The van der Waals surface area contributed by atoms with Crippen LogP contribution in [0.5, 0.6) is 5.75 Å². The van der Waals surface area contributed by atoms with E-state index in [-0.39, 0.29) is 5.89 Å². The summed E-state index contributed by atoms with van der Waals surface area (Å²) in [7, 11) is 1.62. The number of aliphatic hydroxyl groups is 1. The van der Waals surface area contributed by atoms with E-state index in [1.54, 1.807) is 25.4 Å². The smallest absolute Gasteiger partial charge is 0.247 e. The molecule has 0 saturated carbocycles. The van der Waals surface area contributed by atoms with Gasteiger partial charge in [-0.3, -0.25) is 0 Å². The fourth-order valence-electron chi connectivity index (χ4n) is 3.60. The summed E-state index contributed by atoms with van der Waals surface area (Å²) in [6.07, 6.45) is 2.51. The number of hydrogen-bond donors (Lipinski definition) is 1. The third-order valence-corrected chi connectivity index (χ3v) is 5.35. The van der Waals surface area contributed by atoms with Gasteiger partial charge in [0.1, 0.15) is 11.3 Å². The van der Waals surface area contributed by atoms with Crippen molar-refractivity contribution in [3.8, 4) is 5.75 Å². The minimum Gasteiger partial charge on any atom is -0.497 e. The highest BCUT2D eigenvalue weighted by Crippen LogP contribution is 2.34. The predicted molar refractivity (Wildman–Crippen MR) is 115 cm³/mol. The Hall–Kier alpha value is -3.35. The normalized spacial score (nSPS) is 12.5. The molecule has 0 bridgehead atoms. The van der Waals surface area contributed by atoms with E-state index in [4.69, 9.17) is 20.8 Å². The Kier molecular flexibility index (Phi) is 4.65. The maximum Gasteiger partial charge on any atom is 0.247 e. The molecule has 3 aromatic heterocycles. The van der Waals surface area contributed by atoms with E-state index in [2.05, 4.69) is 14.5 Å². The summed E-state index contributed by atoms with van der Waals surface area (Å²) in [6.45, 7) is 0.627. The van der Waals surface area contributed by atoms with E-state index in [0.717, 1.165) is 16.5 Å². The molecule has 0 aliphatic rings. The Bertz CT molecular complexity index is 1310. The second-order valence-corrected chi connectivity index (χ2v) is 7.44. The summed E-state index contributed by atoms with van der Waals surface area (Å²) in [5, 5.41) is 12.7. The Balaban J connectivity index is 1.61. The van der Waals surface area contributed by atoms with Crippen LogP contribution in [0.4, 0.5) is 0 Å². The number of fused-ring (bicyclic) bond motifs is 2. The predicted octanol–water partition coefficient (Wildman–Crippen LogP) is 4.97. The molecular weight excluding hydrogens is 402 g/mol. The number of ether oxygens (including phenoxy) is 1. The van der Waals surface area contributed by atoms with Crippen molar-refractivity contribution in [2.75, 3.05) is 7.11 Å². The number of oxazole rings is 1. The van der Waals surface area contributed by atoms with Gasteiger partial charge in [0.2, 0.25) is 11.6 Å². The number of halogens is 1. The molecule has 0 saturated heterocycles. The lowest BCUT2D eigenvalue weighted by Gasteiger charge is -2.06. The van der Waals surface area contributed by atoms with Crippen LogP contribution in [0.2, 0.25) is 5.02 Å². The number of benzene rings is 2. The number of rotatable bonds is 5. The summed E-state index contributed by atoms with van der Waals surface area (Å²) >= 11 is 6.01. The number of aromatic nitrogens is 3. The molecular formula is C23H18ClN3O3. The van der Waals surface area contributed by atoms with E-state index in [9.17, 15) is 5.11 Å². The zero-order chi connectivity index (χ0) is 20.7. The topological polar surface area (TPSA) is 73.3 Å². The Labute approximate surface area is 177 Å². The molecule has 5 rings (SSSR count). The van der Waals surface area contributed by atoms with E-state index >= 15 is 0 Å². The third kappa shape index (κ3) is 3.30. The first kappa shape index (κ1) is 18.7. The molecule has 30 heavy (non-hydrogen) atoms. The standard InChI is InChI=1S/C23H18ClN3O3/c1-29-16-8-9-20-17(11-16)18(13-27(20)12-14-4-6-15(24)7-5-14)21(28)23-26-19-3-2-10-25-22(19)30-23/h2-11,13,21,28H,12H2,1H3. The highest BCUT2D eigenvalue weighted by molar-refractivity contribution is 6.30. The highest BCUT2D eigenvalue weighted by Gasteiger charge is 2.23. The molecule has 3 heterocycles. The van der Waals surface area contributed by atoms with Crippen molar-refractivity contribution in [1.82, 2.24) is 14.5 Å². The zero-order valence-corrected chi connectivity index (χ0v) is 16.9. The molecule has 2 aromatic carbocycles. The molecule has 1 N–H and O–H groups in total. The monoisotopic (exact) mass is 419 g/mol. The second-order valence-electron chi connectivity index (χ2n) is 7.00. The number of methoxy groups -OCH3 is 1. The molecule has 0 fully saturated rings. The number of nitrogens with zero attached hydrogens (tertiary/aromatic N) is 3. The lowest BCUT2D eigenvalue weighted by molar-refractivity contribution is 0.186. The van der Waals surface area contributed by atoms with Crippen molar-refractivity contribution in [2.45, 2.75) is 12.6 Å². The van der Waals surface area contributed by atoms with Gasteiger partial charge in [0.15, 0.2) is 6.10 Å². The molecule has 0 radical (unpaired) electrons. The van der Waals surface area contributed by atoms with Crippen LogP contribution in [-0.2, 0) is 6.54 Å². The maximum atomic E-state index is 11.1. The molecule has 0 amide bonds. The van der Waals surface area contributed by atoms with Gasteiger partial charge < -0.3 is 18.8 Å². The minimum absolute atomic E-state index is 0.206. The first-order valence-electron chi connectivity index (χ1n) is 9.43. The van der Waals surface area contributed by atoms with Crippen LogP contribution in [0.15, 0.2) is 71.4 Å². The van der Waals surface area contributed by atoms with E-state index < -0.39 is 6.10 Å². The van der Waals surface area contributed by atoms with Crippen molar-refractivity contribution in [1.29, 1.82) is 0 Å². The van der Waals surface area contributed by atoms with Crippen molar-refractivity contribution < 1.29 is 14.3 Å². The van der Waals surface area contributed by atoms with E-state index in [0.29, 0.717) is 34.1 Å². The van der Waals surface area contributed by atoms with Crippen LogP contribution in [-0.4, -0.2) is 26.8 Å². The fraction of sp³-hybridized carbons (Fsp3) is 0.130. The fourth-order valence-corrected chi connectivity index (χ4v) is 3.73. The van der Waals surface area contributed by atoms with Crippen LogP contribution in [0, 0.1) is 0 Å². The van der Waals surface area contributed by atoms with Gasteiger partial charge in [0.05, 0.1) is 7.11 Å². The molecule has 6 nitrogen and oxygen atoms in total. The first-order chi connectivity index (χ1) is 14.6. The van der Waals surface area contributed by atoms with Crippen molar-refractivity contribution >= 4 is 33.7 Å². The van der Waals surface area contributed by atoms with E-state index in [1.165, 1.54) is 0 Å². The Morgan fingerprint density at radius 3 is 2.77 bits per heavy atom. The number of hydrogen-bond acceptors (Lipinski definition) is 5. The van der Waals surface area contributed by atoms with Crippen LogP contribution >= 0.6 is 11.6 Å². The summed E-state index contributed by atoms with van der Waals surface area (Å²) in [5.74, 6) is 0.913. The average molecular weight is 420 g/mol. The highest BCUT2D eigenvalue weighted by atomic mass is 35.5. The van der Waals surface area contributed by atoms with Gasteiger partial charge in [-0.2, -0.15) is 0 Å². The van der Waals surface area contributed by atoms with E-state index in [1.807, 2.05) is 48.7 Å². The molecule has 1 unspecified atom stereocenters. The SMILES string of the molecule is COc1ccc2c(c1)c(C(O)c1nc3cccnc3o1)cn2Cc1ccc(Cl)cc1. The van der Waals surface area contributed by atoms with Crippen LogP contribution < -0.4 is 4.74 Å². The molecule has 5 aromatic rings. The molecule has 7 heteroatoms. The van der Waals surface area contributed by atoms with Crippen molar-refractivity contribution in [3.63, 3.8) is 0 Å². The average Bonchev–Trinajstić information content (AvgIpc) is 3.36. The Morgan fingerprint density at radius 2 is 2.00 bits per heavy atom. The van der Waals surface area contributed by atoms with Crippen LogP contribution in [0.25, 0.3) is 22.1 Å². The molecule has 0 aliphatic heterocycles. The van der Waals surface area contributed by atoms with Crippen molar-refractivity contribution in [2.24, 2.45) is 0 Å². The largest absolute Gasteiger partial charge is 0.497 e. The van der Waals surface area contributed by atoms with Gasteiger partial charge in [-0.25, -0.2) is 9.97 Å². The quantitative estimate of drug-likeness (QED) is 0.435. The number of pyridine rings is 1. The maximum absolute atomic E-state index is 11.1. The number of aliphatic hydroxyl groups excluding tert-OH is 1. The van der Waals surface area contributed by atoms with Crippen molar-refractivity contribution in [3.05, 3.63) is 89.0 Å². The molecule has 0 aliphatic carbocycles. The third-order valence-electron chi connectivity index (χ3n) is 5.10. The van der Waals surface area contributed by atoms with Gasteiger partial charge >= 0.3 is 0 Å². The summed E-state index contributed by atoms with van der Waals surface area (Å²) in [4.78, 5) is 8.57. The lowest BCUT2D eigenvalue weighted by atomic mass is 10.1. The Morgan fingerprint density at radius 1 is 1.17 bits per heavy atom. The zero-order valence-electron chi connectivity index (χ0n) is 16.1. The van der Waals surface area contributed by atoms with Gasteiger partial charge in [0.25, 0.3) is 0 Å². The molecule has 1 atom stereocenters. The lowest BCUT2D eigenvalue weighted by Crippen LogP contribution is -2.00. The van der Waals surface area contributed by atoms with Gasteiger partial charge in [-0.1, -0.05) is 23.7 Å². The minimum atomic E-state index is -1.04. The summed E-state index contributed by atoms with van der Waals surface area (Å²) in [5.41, 5.74) is 3.75. The van der Waals surface area contributed by atoms with Crippen LogP contribution in [0.1, 0.15) is 23.1 Å². The van der Waals surface area contributed by atoms with Gasteiger partial charge in [-0.15, -0.1) is 0 Å². The molecule has 150 valence electrons. The van der Waals surface area contributed by atoms with Gasteiger partial charge in [0, 0.05) is 40.4 Å². The first-order valence-corrected chi connectivity index (χ1v) is 9.81. The second kappa shape index (κ2) is 7.48. The van der Waals surface area contributed by atoms with Crippen LogP contribution in [0.3, 0.4) is 0 Å². The summed E-state index contributed by atoms with van der Waals surface area (Å²) < 4.78 is 13.2. The molecule has 0 spiro atoms.